The van der Waals surface area contributed by atoms with Crippen molar-refractivity contribution in [2.24, 2.45) is 0 Å². The molecule has 106 valence electrons. The van der Waals surface area contributed by atoms with Crippen LogP contribution in [0.25, 0.3) is 6.08 Å². The third-order valence-corrected chi connectivity index (χ3v) is 2.98. The fourth-order valence-corrected chi connectivity index (χ4v) is 1.93. The van der Waals surface area contributed by atoms with Crippen LogP contribution in [0.15, 0.2) is 59.7 Å². The zero-order chi connectivity index (χ0) is 15.4. The summed E-state index contributed by atoms with van der Waals surface area (Å²) >= 11 is 0. The number of hydrogen-bond acceptors (Lipinski definition) is 4. The fourth-order valence-electron chi connectivity index (χ4n) is 1.93. The van der Waals surface area contributed by atoms with Crippen molar-refractivity contribution < 1.29 is 19.1 Å². The molecule has 0 amide bonds. The van der Waals surface area contributed by atoms with Crippen molar-refractivity contribution in [1.82, 2.24) is 0 Å². The Morgan fingerprint density at radius 2 is 1.86 bits per heavy atom. The monoisotopic (exact) mass is 282 g/mol. The summed E-state index contributed by atoms with van der Waals surface area (Å²) in [7, 11) is 0. The number of ether oxygens (including phenoxy) is 1. The predicted molar refractivity (Wildman–Crippen MR) is 78.0 cm³/mol. The topological polar surface area (TPSA) is 60.4 Å². The van der Waals surface area contributed by atoms with Gasteiger partial charge in [-0.2, -0.15) is 0 Å². The molecule has 1 heterocycles. The highest BCUT2D eigenvalue weighted by Gasteiger charge is 2.36. The molecule has 1 aromatic carbocycles. The lowest BCUT2D eigenvalue weighted by Gasteiger charge is -1.98. The zero-order valence-electron chi connectivity index (χ0n) is 11.6. The lowest BCUT2D eigenvalue weighted by atomic mass is 9.99. The van der Waals surface area contributed by atoms with Gasteiger partial charge in [-0.1, -0.05) is 49.1 Å². The largest absolute Gasteiger partial charge is 0.386 e. The van der Waals surface area contributed by atoms with Crippen molar-refractivity contribution >= 4 is 23.8 Å². The summed E-state index contributed by atoms with van der Waals surface area (Å²) in [6.45, 7) is 4.99. The maximum atomic E-state index is 11.9. The van der Waals surface area contributed by atoms with Crippen molar-refractivity contribution in [2.45, 2.75) is 13.3 Å². The Kier molecular flexibility index (Phi) is 4.28. The van der Waals surface area contributed by atoms with Crippen molar-refractivity contribution in [3.05, 3.63) is 65.3 Å². The normalized spacial score (nSPS) is 14.7. The Morgan fingerprint density at radius 1 is 1.19 bits per heavy atom. The molecule has 1 aromatic rings. The average Bonchev–Trinajstić information content (AvgIpc) is 2.73. The van der Waals surface area contributed by atoms with Gasteiger partial charge in [-0.05, 0) is 24.5 Å². The molecule has 0 bridgehead atoms. The molecule has 0 N–H and O–H groups in total. The Morgan fingerprint density at radius 3 is 2.48 bits per heavy atom. The number of ketones is 1. The molecular formula is C17H14O4. The van der Waals surface area contributed by atoms with Crippen molar-refractivity contribution in [1.29, 1.82) is 0 Å². The van der Waals surface area contributed by atoms with Crippen LogP contribution in [-0.4, -0.2) is 17.7 Å². The molecule has 0 saturated heterocycles. The van der Waals surface area contributed by atoms with Crippen molar-refractivity contribution in [3.63, 3.8) is 0 Å². The fraction of sp³-hybridized carbons (Fsp3) is 0.118. The highest BCUT2D eigenvalue weighted by Crippen LogP contribution is 2.24. The summed E-state index contributed by atoms with van der Waals surface area (Å²) in [5.74, 6) is -2.20. The molecule has 0 aliphatic carbocycles. The third kappa shape index (κ3) is 3.23. The van der Waals surface area contributed by atoms with Gasteiger partial charge in [-0.15, -0.1) is 0 Å². The number of allylic oxidation sites excluding steroid dienone is 2. The van der Waals surface area contributed by atoms with E-state index in [1.807, 2.05) is 36.4 Å². The smallest absolute Gasteiger partial charge is 0.350 e. The summed E-state index contributed by atoms with van der Waals surface area (Å²) in [5.41, 5.74) is 1.04. The van der Waals surface area contributed by atoms with Crippen LogP contribution in [0.2, 0.25) is 0 Å². The molecule has 0 atom stereocenters. The van der Waals surface area contributed by atoms with E-state index in [4.69, 9.17) is 0 Å². The summed E-state index contributed by atoms with van der Waals surface area (Å²) in [4.78, 5) is 35.1. The van der Waals surface area contributed by atoms with Gasteiger partial charge in [0.2, 0.25) is 0 Å². The number of rotatable bonds is 5. The van der Waals surface area contributed by atoms with Gasteiger partial charge in [0, 0.05) is 0 Å². The summed E-state index contributed by atoms with van der Waals surface area (Å²) in [6.07, 6.45) is 3.69. The van der Waals surface area contributed by atoms with Gasteiger partial charge in [0.1, 0.15) is 5.57 Å². The second kappa shape index (κ2) is 6.13. The zero-order valence-corrected chi connectivity index (χ0v) is 11.6. The Bertz CT molecular complexity index is 678. The van der Waals surface area contributed by atoms with Gasteiger partial charge in [-0.25, -0.2) is 9.59 Å². The van der Waals surface area contributed by atoms with Crippen LogP contribution in [0.5, 0.6) is 0 Å². The van der Waals surface area contributed by atoms with E-state index in [1.165, 1.54) is 6.92 Å². The van der Waals surface area contributed by atoms with Crippen LogP contribution in [-0.2, 0) is 19.1 Å². The van der Waals surface area contributed by atoms with Gasteiger partial charge in [0.15, 0.2) is 5.78 Å². The van der Waals surface area contributed by atoms with Crippen LogP contribution in [0.1, 0.15) is 18.9 Å². The van der Waals surface area contributed by atoms with E-state index in [-0.39, 0.29) is 23.1 Å². The number of hydrogen-bond donors (Lipinski definition) is 0. The number of benzene rings is 1. The van der Waals surface area contributed by atoms with E-state index in [1.54, 1.807) is 6.08 Å². The van der Waals surface area contributed by atoms with Gasteiger partial charge < -0.3 is 4.74 Å². The van der Waals surface area contributed by atoms with Gasteiger partial charge >= 0.3 is 11.9 Å². The lowest BCUT2D eigenvalue weighted by Crippen LogP contribution is -2.11. The second-order valence-electron chi connectivity index (χ2n) is 4.66. The SMILES string of the molecule is C=C(C)C(=O)C1=C(CC=Cc2ccccc2)C(=O)OC1=O. The predicted octanol–water partition coefficient (Wildman–Crippen LogP) is 2.62. The maximum absolute atomic E-state index is 11.9. The van der Waals surface area contributed by atoms with Crippen LogP contribution < -0.4 is 0 Å². The van der Waals surface area contributed by atoms with Crippen molar-refractivity contribution in [3.8, 4) is 0 Å². The first-order chi connectivity index (χ1) is 10.0. The lowest BCUT2D eigenvalue weighted by molar-refractivity contribution is -0.151. The van der Waals surface area contributed by atoms with E-state index >= 15 is 0 Å². The van der Waals surface area contributed by atoms with E-state index < -0.39 is 17.7 Å². The molecule has 0 spiro atoms. The molecule has 4 nitrogen and oxygen atoms in total. The molecule has 1 aliphatic heterocycles. The summed E-state index contributed by atoms with van der Waals surface area (Å²) < 4.78 is 4.51. The first-order valence-electron chi connectivity index (χ1n) is 6.42. The first kappa shape index (κ1) is 14.7. The summed E-state index contributed by atoms with van der Waals surface area (Å²) in [5, 5.41) is 0. The molecule has 21 heavy (non-hydrogen) atoms. The third-order valence-electron chi connectivity index (χ3n) is 2.98. The molecule has 0 fully saturated rings. The van der Waals surface area contributed by atoms with E-state index in [9.17, 15) is 14.4 Å². The van der Waals surface area contributed by atoms with Gasteiger partial charge in [0.25, 0.3) is 0 Å². The maximum Gasteiger partial charge on any atom is 0.350 e. The van der Waals surface area contributed by atoms with Gasteiger partial charge in [0.05, 0.1) is 5.57 Å². The van der Waals surface area contributed by atoms with E-state index in [0.717, 1.165) is 5.56 Å². The first-order valence-corrected chi connectivity index (χ1v) is 6.42. The molecule has 1 aliphatic rings. The quantitative estimate of drug-likeness (QED) is 0.360. The molecule has 0 saturated carbocycles. The van der Waals surface area contributed by atoms with E-state index in [0.29, 0.717) is 0 Å². The van der Waals surface area contributed by atoms with E-state index in [2.05, 4.69) is 11.3 Å². The minimum atomic E-state index is -0.892. The molecule has 0 aromatic heterocycles. The minimum Gasteiger partial charge on any atom is -0.386 e. The molecular weight excluding hydrogens is 268 g/mol. The van der Waals surface area contributed by atoms with Crippen molar-refractivity contribution in [2.75, 3.05) is 0 Å². The number of Topliss-reactive ketones (excluding diaryl/α,β-unsaturated/α-hetero) is 1. The molecule has 0 radical (unpaired) electrons. The molecule has 2 rings (SSSR count). The number of cyclic esters (lactones) is 2. The minimum absolute atomic E-state index is 0.0835. The molecule has 4 heteroatoms. The Labute approximate surface area is 122 Å². The van der Waals surface area contributed by atoms with Crippen LogP contribution in [0.4, 0.5) is 0 Å². The highest BCUT2D eigenvalue weighted by atomic mass is 16.6. The Balaban J connectivity index is 2.24. The summed E-state index contributed by atoms with van der Waals surface area (Å²) in [6, 6.07) is 9.49. The van der Waals surface area contributed by atoms with Crippen LogP contribution >= 0.6 is 0 Å². The van der Waals surface area contributed by atoms with Gasteiger partial charge in [-0.3, -0.25) is 4.79 Å². The number of carbonyl (C=O) groups excluding carboxylic acids is 3. The average molecular weight is 282 g/mol. The number of carbonyl (C=O) groups is 3. The van der Waals surface area contributed by atoms with Crippen LogP contribution in [0.3, 0.4) is 0 Å². The Hall–Kier alpha value is -2.75. The van der Waals surface area contributed by atoms with Crippen LogP contribution in [0, 0.1) is 0 Å². The number of esters is 2. The molecule has 0 unspecified atom stereocenters. The highest BCUT2D eigenvalue weighted by molar-refractivity contribution is 6.31. The second-order valence-corrected chi connectivity index (χ2v) is 4.66. The standard InChI is InChI=1S/C17H14O4/c1-11(2)15(18)14-13(16(19)21-17(14)20)10-6-9-12-7-4-3-5-8-12/h3-9H,1,10H2,2H3.